The van der Waals surface area contributed by atoms with Gasteiger partial charge in [0.25, 0.3) is 0 Å². The van der Waals surface area contributed by atoms with Crippen molar-refractivity contribution in [3.63, 3.8) is 0 Å². The minimum absolute atomic E-state index is 0.118. The summed E-state index contributed by atoms with van der Waals surface area (Å²) in [5.74, 6) is 1.62. The maximum atomic E-state index is 6.18. The number of hydrogen-bond donors (Lipinski definition) is 1. The third kappa shape index (κ3) is 3.08. The Hall–Kier alpha value is -1.26. The molecule has 0 amide bonds. The number of hydrogen-bond acceptors (Lipinski definition) is 4. The molecule has 1 unspecified atom stereocenters. The highest BCUT2D eigenvalue weighted by Gasteiger charge is 2.35. The maximum absolute atomic E-state index is 6.18. The molecule has 22 heavy (non-hydrogen) atoms. The highest BCUT2D eigenvalue weighted by atomic mass is 16.5. The first-order valence-electron chi connectivity index (χ1n) is 8.40. The third-order valence-electron chi connectivity index (χ3n) is 5.14. The predicted molar refractivity (Wildman–Crippen MR) is 86.7 cm³/mol. The SMILES string of the molecule is COc1ccc(C2(CN)CCCC2)cc1OC1CCCOC1. The van der Waals surface area contributed by atoms with Crippen molar-refractivity contribution in [3.05, 3.63) is 23.8 Å². The molecule has 0 bridgehead atoms. The van der Waals surface area contributed by atoms with Crippen LogP contribution in [0.2, 0.25) is 0 Å². The first kappa shape index (κ1) is 15.6. The molecule has 122 valence electrons. The first-order chi connectivity index (χ1) is 10.8. The molecule has 2 fully saturated rings. The number of benzene rings is 1. The van der Waals surface area contributed by atoms with Gasteiger partial charge in [0.1, 0.15) is 6.10 Å². The molecule has 1 aliphatic carbocycles. The van der Waals surface area contributed by atoms with Gasteiger partial charge in [-0.2, -0.15) is 0 Å². The smallest absolute Gasteiger partial charge is 0.161 e. The van der Waals surface area contributed by atoms with E-state index in [4.69, 9.17) is 19.9 Å². The summed E-state index contributed by atoms with van der Waals surface area (Å²) in [6.07, 6.45) is 7.07. The quantitative estimate of drug-likeness (QED) is 0.908. The van der Waals surface area contributed by atoms with Gasteiger partial charge in [0.15, 0.2) is 11.5 Å². The highest BCUT2D eigenvalue weighted by molar-refractivity contribution is 5.46. The topological polar surface area (TPSA) is 53.7 Å². The van der Waals surface area contributed by atoms with Crippen LogP contribution in [-0.2, 0) is 10.2 Å². The lowest BCUT2D eigenvalue weighted by molar-refractivity contribution is 0.00637. The Labute approximate surface area is 132 Å². The molecule has 1 saturated carbocycles. The molecule has 2 aliphatic rings. The molecule has 1 heterocycles. The summed E-state index contributed by atoms with van der Waals surface area (Å²) in [4.78, 5) is 0. The van der Waals surface area contributed by atoms with Crippen LogP contribution < -0.4 is 15.2 Å². The summed E-state index contributed by atoms with van der Waals surface area (Å²) >= 11 is 0. The van der Waals surface area contributed by atoms with Crippen LogP contribution in [0, 0.1) is 0 Å². The van der Waals surface area contributed by atoms with Crippen molar-refractivity contribution in [2.75, 3.05) is 26.9 Å². The minimum Gasteiger partial charge on any atom is -0.493 e. The van der Waals surface area contributed by atoms with Crippen LogP contribution in [0.15, 0.2) is 18.2 Å². The fourth-order valence-corrected chi connectivity index (χ4v) is 3.74. The zero-order valence-electron chi connectivity index (χ0n) is 13.5. The number of nitrogens with two attached hydrogens (primary N) is 1. The van der Waals surface area contributed by atoms with Gasteiger partial charge in [0.05, 0.1) is 13.7 Å². The normalized spacial score (nSPS) is 24.2. The van der Waals surface area contributed by atoms with E-state index < -0.39 is 0 Å². The molecule has 1 saturated heterocycles. The Morgan fingerprint density at radius 1 is 1.23 bits per heavy atom. The van der Waals surface area contributed by atoms with E-state index in [-0.39, 0.29) is 11.5 Å². The van der Waals surface area contributed by atoms with E-state index in [1.165, 1.54) is 31.2 Å². The van der Waals surface area contributed by atoms with Gasteiger partial charge in [-0.1, -0.05) is 18.9 Å². The molecule has 2 N–H and O–H groups in total. The van der Waals surface area contributed by atoms with Crippen LogP contribution in [0.4, 0.5) is 0 Å². The largest absolute Gasteiger partial charge is 0.493 e. The van der Waals surface area contributed by atoms with Crippen LogP contribution in [0.1, 0.15) is 44.1 Å². The molecule has 1 aromatic carbocycles. The Bertz CT molecular complexity index is 491. The Morgan fingerprint density at radius 2 is 2.05 bits per heavy atom. The van der Waals surface area contributed by atoms with Gasteiger partial charge in [0, 0.05) is 18.6 Å². The summed E-state index contributed by atoms with van der Waals surface area (Å²) in [6.45, 7) is 2.20. The third-order valence-corrected chi connectivity index (χ3v) is 5.14. The van der Waals surface area contributed by atoms with Crippen LogP contribution in [0.3, 0.4) is 0 Å². The summed E-state index contributed by atoms with van der Waals surface area (Å²) < 4.78 is 17.2. The zero-order chi connectivity index (χ0) is 15.4. The van der Waals surface area contributed by atoms with Crippen molar-refractivity contribution in [2.24, 2.45) is 5.73 Å². The Kier molecular flexibility index (Phi) is 4.89. The van der Waals surface area contributed by atoms with Crippen molar-refractivity contribution in [3.8, 4) is 11.5 Å². The van der Waals surface area contributed by atoms with E-state index in [1.54, 1.807) is 7.11 Å². The van der Waals surface area contributed by atoms with Crippen LogP contribution in [0.5, 0.6) is 11.5 Å². The molecular weight excluding hydrogens is 278 g/mol. The van der Waals surface area contributed by atoms with E-state index in [0.29, 0.717) is 13.2 Å². The second-order valence-corrected chi connectivity index (χ2v) is 6.51. The zero-order valence-corrected chi connectivity index (χ0v) is 13.5. The summed E-state index contributed by atoms with van der Waals surface area (Å²) in [7, 11) is 1.69. The molecule has 0 aromatic heterocycles. The molecule has 4 nitrogen and oxygen atoms in total. The lowest BCUT2D eigenvalue weighted by Crippen LogP contribution is -2.32. The lowest BCUT2D eigenvalue weighted by atomic mass is 9.79. The molecule has 1 atom stereocenters. The first-order valence-corrected chi connectivity index (χ1v) is 8.40. The second-order valence-electron chi connectivity index (χ2n) is 6.51. The molecule has 0 spiro atoms. The number of ether oxygens (including phenoxy) is 3. The molecule has 1 aromatic rings. The Balaban J connectivity index is 1.85. The molecule has 4 heteroatoms. The maximum Gasteiger partial charge on any atom is 0.161 e. The van der Waals surface area contributed by atoms with Crippen molar-refractivity contribution < 1.29 is 14.2 Å². The number of rotatable bonds is 5. The summed E-state index contributed by atoms with van der Waals surface area (Å²) in [5.41, 5.74) is 7.52. The van der Waals surface area contributed by atoms with Crippen LogP contribution in [0.25, 0.3) is 0 Å². The standard InChI is InChI=1S/C18H27NO3/c1-20-16-7-6-14(18(13-19)8-2-3-9-18)11-17(16)22-15-5-4-10-21-12-15/h6-7,11,15H,2-5,8-10,12-13,19H2,1H3. The van der Waals surface area contributed by atoms with Crippen LogP contribution in [-0.4, -0.2) is 33.0 Å². The van der Waals surface area contributed by atoms with Crippen molar-refractivity contribution in [1.29, 1.82) is 0 Å². The predicted octanol–water partition coefficient (Wildman–Crippen LogP) is 3.02. The highest BCUT2D eigenvalue weighted by Crippen LogP contribution is 2.43. The van der Waals surface area contributed by atoms with E-state index in [1.807, 2.05) is 6.07 Å². The average molecular weight is 305 g/mol. The minimum atomic E-state index is 0.118. The van der Waals surface area contributed by atoms with E-state index in [9.17, 15) is 0 Å². The summed E-state index contributed by atoms with van der Waals surface area (Å²) in [5, 5.41) is 0. The van der Waals surface area contributed by atoms with Crippen LogP contribution >= 0.6 is 0 Å². The van der Waals surface area contributed by atoms with E-state index >= 15 is 0 Å². The van der Waals surface area contributed by atoms with Gasteiger partial charge in [0.2, 0.25) is 0 Å². The van der Waals surface area contributed by atoms with E-state index in [0.717, 1.165) is 30.9 Å². The molecule has 0 radical (unpaired) electrons. The number of methoxy groups -OCH3 is 1. The van der Waals surface area contributed by atoms with E-state index in [2.05, 4.69) is 12.1 Å². The van der Waals surface area contributed by atoms with Crippen molar-refractivity contribution in [1.82, 2.24) is 0 Å². The van der Waals surface area contributed by atoms with Gasteiger partial charge in [-0.15, -0.1) is 0 Å². The summed E-state index contributed by atoms with van der Waals surface area (Å²) in [6, 6.07) is 6.32. The van der Waals surface area contributed by atoms with Gasteiger partial charge < -0.3 is 19.9 Å². The monoisotopic (exact) mass is 305 g/mol. The molecule has 1 aliphatic heterocycles. The van der Waals surface area contributed by atoms with Gasteiger partial charge in [-0.25, -0.2) is 0 Å². The second kappa shape index (κ2) is 6.88. The average Bonchev–Trinajstić information content (AvgIpc) is 3.06. The van der Waals surface area contributed by atoms with Crippen molar-refractivity contribution in [2.45, 2.75) is 50.0 Å². The van der Waals surface area contributed by atoms with Crippen molar-refractivity contribution >= 4 is 0 Å². The Morgan fingerprint density at radius 3 is 2.68 bits per heavy atom. The molecule has 3 rings (SSSR count). The lowest BCUT2D eigenvalue weighted by Gasteiger charge is -2.30. The van der Waals surface area contributed by atoms with Gasteiger partial charge >= 0.3 is 0 Å². The van der Waals surface area contributed by atoms with Gasteiger partial charge in [-0.3, -0.25) is 0 Å². The fraction of sp³-hybridized carbons (Fsp3) is 0.667. The molecular formula is C18H27NO3. The van der Waals surface area contributed by atoms with Gasteiger partial charge in [-0.05, 0) is 43.4 Å². The fourth-order valence-electron chi connectivity index (χ4n) is 3.74.